The Balaban J connectivity index is 2.06. The van der Waals surface area contributed by atoms with Crippen molar-refractivity contribution in [3.05, 3.63) is 63.7 Å². The van der Waals surface area contributed by atoms with E-state index >= 15 is 0 Å². The molecule has 0 aliphatic heterocycles. The van der Waals surface area contributed by atoms with E-state index < -0.39 is 6.10 Å². The minimum absolute atomic E-state index is 0.0582. The molecule has 0 radical (unpaired) electrons. The molecule has 0 heterocycles. The lowest BCUT2D eigenvalue weighted by atomic mass is 9.96. The van der Waals surface area contributed by atoms with Gasteiger partial charge in [0.2, 0.25) is 0 Å². The quantitative estimate of drug-likeness (QED) is 0.843. The predicted octanol–water partition coefficient (Wildman–Crippen LogP) is 4.87. The summed E-state index contributed by atoms with van der Waals surface area (Å²) < 4.78 is 5.84. The average Bonchev–Trinajstić information content (AvgIpc) is 2.49. The Labute approximate surface area is 151 Å². The third-order valence-corrected chi connectivity index (χ3v) is 4.58. The summed E-state index contributed by atoms with van der Waals surface area (Å²) in [6.07, 6.45) is -0.546. The Hall–Kier alpha value is -2.29. The standard InChI is InChI=1S/C22H29NO2/c1-13-8-14(2)10-20(9-13)25-19(7)22(24)23-18(6)21-12-16(4)15(3)11-17(21)5/h8-12,18-19H,1-7H3,(H,23,24). The van der Waals surface area contributed by atoms with E-state index in [1.54, 1.807) is 6.92 Å². The summed E-state index contributed by atoms with van der Waals surface area (Å²) >= 11 is 0. The largest absolute Gasteiger partial charge is 0.481 e. The van der Waals surface area contributed by atoms with Crippen LogP contribution in [0.2, 0.25) is 0 Å². The van der Waals surface area contributed by atoms with Crippen LogP contribution in [0.1, 0.15) is 53.3 Å². The van der Waals surface area contributed by atoms with Crippen molar-refractivity contribution < 1.29 is 9.53 Å². The molecule has 1 amide bonds. The Morgan fingerprint density at radius 1 is 0.840 bits per heavy atom. The van der Waals surface area contributed by atoms with Crippen LogP contribution in [0.4, 0.5) is 0 Å². The van der Waals surface area contributed by atoms with E-state index in [1.807, 2.05) is 32.9 Å². The molecule has 134 valence electrons. The SMILES string of the molecule is Cc1cc(C)cc(OC(C)C(=O)NC(C)c2cc(C)c(C)cc2C)c1. The highest BCUT2D eigenvalue weighted by Gasteiger charge is 2.19. The van der Waals surface area contributed by atoms with Crippen molar-refractivity contribution in [1.82, 2.24) is 5.32 Å². The van der Waals surface area contributed by atoms with Crippen molar-refractivity contribution in [3.63, 3.8) is 0 Å². The van der Waals surface area contributed by atoms with Crippen molar-refractivity contribution in [2.45, 2.75) is 60.6 Å². The summed E-state index contributed by atoms with van der Waals surface area (Å²) in [5, 5.41) is 3.07. The Bertz CT molecular complexity index is 760. The van der Waals surface area contributed by atoms with E-state index in [9.17, 15) is 4.79 Å². The summed E-state index contributed by atoms with van der Waals surface area (Å²) in [6, 6.07) is 10.3. The van der Waals surface area contributed by atoms with Crippen LogP contribution in [0.25, 0.3) is 0 Å². The molecule has 2 aromatic carbocycles. The normalized spacial score (nSPS) is 13.2. The molecule has 2 atom stereocenters. The fraction of sp³-hybridized carbons (Fsp3) is 0.409. The molecule has 0 spiro atoms. The smallest absolute Gasteiger partial charge is 0.261 e. The highest BCUT2D eigenvalue weighted by molar-refractivity contribution is 5.81. The third kappa shape index (κ3) is 4.85. The number of nitrogens with one attached hydrogen (secondary N) is 1. The van der Waals surface area contributed by atoms with Gasteiger partial charge in [0.05, 0.1) is 6.04 Å². The first kappa shape index (κ1) is 19.0. The molecule has 0 saturated heterocycles. The van der Waals surface area contributed by atoms with Gasteiger partial charge in [0, 0.05) is 0 Å². The molecule has 25 heavy (non-hydrogen) atoms. The lowest BCUT2D eigenvalue weighted by Crippen LogP contribution is -2.38. The van der Waals surface area contributed by atoms with Crippen LogP contribution in [0, 0.1) is 34.6 Å². The second-order valence-electron chi connectivity index (χ2n) is 7.11. The third-order valence-electron chi connectivity index (χ3n) is 4.58. The van der Waals surface area contributed by atoms with Crippen LogP contribution in [0.5, 0.6) is 5.75 Å². The minimum Gasteiger partial charge on any atom is -0.481 e. The molecule has 0 aromatic heterocycles. The van der Waals surface area contributed by atoms with Crippen LogP contribution in [-0.2, 0) is 4.79 Å². The predicted molar refractivity (Wildman–Crippen MR) is 103 cm³/mol. The Morgan fingerprint density at radius 2 is 1.40 bits per heavy atom. The van der Waals surface area contributed by atoms with E-state index in [2.05, 4.69) is 44.3 Å². The van der Waals surface area contributed by atoms with Gasteiger partial charge in [0.1, 0.15) is 5.75 Å². The first-order valence-corrected chi connectivity index (χ1v) is 8.80. The summed E-state index contributed by atoms with van der Waals surface area (Å²) in [6.45, 7) is 14.1. The highest BCUT2D eigenvalue weighted by atomic mass is 16.5. The first-order chi connectivity index (χ1) is 11.7. The number of rotatable bonds is 5. The zero-order chi connectivity index (χ0) is 18.7. The fourth-order valence-corrected chi connectivity index (χ4v) is 3.12. The molecule has 0 aliphatic rings. The maximum Gasteiger partial charge on any atom is 0.261 e. The minimum atomic E-state index is -0.546. The maximum atomic E-state index is 12.5. The molecule has 2 aromatic rings. The lowest BCUT2D eigenvalue weighted by molar-refractivity contribution is -0.127. The van der Waals surface area contributed by atoms with Gasteiger partial charge < -0.3 is 10.1 Å². The van der Waals surface area contributed by atoms with Gasteiger partial charge in [0.15, 0.2) is 6.10 Å². The van der Waals surface area contributed by atoms with Crippen LogP contribution in [-0.4, -0.2) is 12.0 Å². The Morgan fingerprint density at radius 3 is 2.00 bits per heavy atom. The van der Waals surface area contributed by atoms with E-state index in [-0.39, 0.29) is 11.9 Å². The second-order valence-corrected chi connectivity index (χ2v) is 7.11. The van der Waals surface area contributed by atoms with Crippen molar-refractivity contribution in [2.24, 2.45) is 0 Å². The second kappa shape index (κ2) is 7.73. The monoisotopic (exact) mass is 339 g/mol. The number of amides is 1. The maximum absolute atomic E-state index is 12.5. The van der Waals surface area contributed by atoms with E-state index in [1.165, 1.54) is 16.7 Å². The molecule has 0 bridgehead atoms. The zero-order valence-corrected chi connectivity index (χ0v) is 16.4. The number of hydrogen-bond acceptors (Lipinski definition) is 2. The number of benzene rings is 2. The molecular formula is C22H29NO2. The number of aryl methyl sites for hydroxylation is 5. The van der Waals surface area contributed by atoms with Gasteiger partial charge in [-0.25, -0.2) is 0 Å². The van der Waals surface area contributed by atoms with Crippen LogP contribution >= 0.6 is 0 Å². The number of carbonyl (C=O) groups is 1. The van der Waals surface area contributed by atoms with Crippen LogP contribution in [0.3, 0.4) is 0 Å². The number of hydrogen-bond donors (Lipinski definition) is 1. The average molecular weight is 339 g/mol. The number of ether oxygens (including phenoxy) is 1. The van der Waals surface area contributed by atoms with Crippen molar-refractivity contribution >= 4 is 5.91 Å². The van der Waals surface area contributed by atoms with Crippen molar-refractivity contribution in [2.75, 3.05) is 0 Å². The zero-order valence-electron chi connectivity index (χ0n) is 16.4. The molecule has 1 N–H and O–H groups in total. The van der Waals surface area contributed by atoms with E-state index in [0.717, 1.165) is 22.4 Å². The van der Waals surface area contributed by atoms with Gasteiger partial charge in [0.25, 0.3) is 5.91 Å². The van der Waals surface area contributed by atoms with Crippen LogP contribution < -0.4 is 10.1 Å². The summed E-state index contributed by atoms with van der Waals surface area (Å²) in [4.78, 5) is 12.5. The topological polar surface area (TPSA) is 38.3 Å². The molecule has 3 nitrogen and oxygen atoms in total. The van der Waals surface area contributed by atoms with Gasteiger partial charge in [-0.1, -0.05) is 18.2 Å². The Kier molecular flexibility index (Phi) is 5.89. The van der Waals surface area contributed by atoms with E-state index in [4.69, 9.17) is 4.74 Å². The molecule has 0 fully saturated rings. The van der Waals surface area contributed by atoms with E-state index in [0.29, 0.717) is 0 Å². The molecular weight excluding hydrogens is 310 g/mol. The number of carbonyl (C=O) groups excluding carboxylic acids is 1. The van der Waals surface area contributed by atoms with Crippen molar-refractivity contribution in [1.29, 1.82) is 0 Å². The van der Waals surface area contributed by atoms with Gasteiger partial charge in [-0.15, -0.1) is 0 Å². The van der Waals surface area contributed by atoms with Crippen LogP contribution in [0.15, 0.2) is 30.3 Å². The molecule has 3 heteroatoms. The summed E-state index contributed by atoms with van der Waals surface area (Å²) in [5.41, 5.74) is 7.10. The summed E-state index contributed by atoms with van der Waals surface area (Å²) in [5.74, 6) is 0.624. The first-order valence-electron chi connectivity index (χ1n) is 8.80. The highest BCUT2D eigenvalue weighted by Crippen LogP contribution is 2.22. The summed E-state index contributed by atoms with van der Waals surface area (Å²) in [7, 11) is 0. The van der Waals surface area contributed by atoms with Gasteiger partial charge in [-0.3, -0.25) is 4.79 Å². The molecule has 0 aliphatic carbocycles. The fourth-order valence-electron chi connectivity index (χ4n) is 3.12. The molecule has 0 saturated carbocycles. The van der Waals surface area contributed by atoms with Gasteiger partial charge >= 0.3 is 0 Å². The lowest BCUT2D eigenvalue weighted by Gasteiger charge is -2.21. The van der Waals surface area contributed by atoms with Crippen molar-refractivity contribution in [3.8, 4) is 5.75 Å². The van der Waals surface area contributed by atoms with Gasteiger partial charge in [-0.2, -0.15) is 0 Å². The van der Waals surface area contributed by atoms with Gasteiger partial charge in [-0.05, 0) is 94.0 Å². The molecule has 2 unspecified atom stereocenters. The molecule has 2 rings (SSSR count).